The quantitative estimate of drug-likeness (QED) is 0.695. The molecule has 1 aromatic rings. The fraction of sp³-hybridized carbons (Fsp3) is 0.714. The Morgan fingerprint density at radius 1 is 1.37 bits per heavy atom. The Morgan fingerprint density at radius 2 is 2.21 bits per heavy atom. The van der Waals surface area contributed by atoms with Crippen LogP contribution in [0.2, 0.25) is 0 Å². The molecule has 0 atom stereocenters. The first kappa shape index (κ1) is 14.1. The number of aromatic nitrogens is 2. The highest BCUT2D eigenvalue weighted by Gasteiger charge is 2.20. The lowest BCUT2D eigenvalue weighted by atomic mass is 10.4. The molecule has 0 bridgehead atoms. The van der Waals surface area contributed by atoms with Gasteiger partial charge in [0.1, 0.15) is 12.1 Å². The van der Waals surface area contributed by atoms with Crippen molar-refractivity contribution in [3.05, 3.63) is 12.4 Å². The maximum Gasteiger partial charge on any atom is 0.218 e. The Kier molecular flexibility index (Phi) is 5.39. The van der Waals surface area contributed by atoms with Crippen LogP contribution < -0.4 is 10.1 Å². The van der Waals surface area contributed by atoms with E-state index >= 15 is 0 Å². The summed E-state index contributed by atoms with van der Waals surface area (Å²) < 4.78 is 11.1. The fourth-order valence-corrected chi connectivity index (χ4v) is 1.67. The maximum absolute atomic E-state index is 5.57. The summed E-state index contributed by atoms with van der Waals surface area (Å²) in [5.74, 6) is 2.25. The average Bonchev–Trinajstić information content (AvgIpc) is 3.17. The number of rotatable bonds is 9. The first-order chi connectivity index (χ1) is 9.24. The van der Waals surface area contributed by atoms with E-state index in [4.69, 9.17) is 9.47 Å². The third-order valence-corrected chi connectivity index (χ3v) is 2.82. The highest BCUT2D eigenvalue weighted by atomic mass is 16.5. The predicted octanol–water partition coefficient (Wildman–Crippen LogP) is 2.49. The lowest BCUT2D eigenvalue weighted by Gasteiger charge is -2.10. The van der Waals surface area contributed by atoms with E-state index in [0.717, 1.165) is 37.9 Å². The lowest BCUT2D eigenvalue weighted by molar-refractivity contribution is 0.124. The molecule has 1 aliphatic carbocycles. The van der Waals surface area contributed by atoms with E-state index in [-0.39, 0.29) is 6.10 Å². The Labute approximate surface area is 114 Å². The van der Waals surface area contributed by atoms with Gasteiger partial charge in [-0.2, -0.15) is 0 Å². The second-order valence-corrected chi connectivity index (χ2v) is 5.21. The molecular formula is C14H23N3O2. The Morgan fingerprint density at radius 3 is 2.95 bits per heavy atom. The molecule has 1 saturated carbocycles. The van der Waals surface area contributed by atoms with Crippen molar-refractivity contribution in [2.75, 3.05) is 25.1 Å². The van der Waals surface area contributed by atoms with Crippen molar-refractivity contribution in [1.29, 1.82) is 0 Å². The number of hydrogen-bond donors (Lipinski definition) is 1. The zero-order valence-corrected chi connectivity index (χ0v) is 11.8. The summed E-state index contributed by atoms with van der Waals surface area (Å²) in [4.78, 5) is 8.23. The van der Waals surface area contributed by atoms with E-state index in [9.17, 15) is 0 Å². The van der Waals surface area contributed by atoms with Crippen molar-refractivity contribution < 1.29 is 9.47 Å². The molecule has 0 spiro atoms. The van der Waals surface area contributed by atoms with Crippen molar-refractivity contribution in [3.8, 4) is 5.88 Å². The van der Waals surface area contributed by atoms with Crippen LogP contribution in [0.15, 0.2) is 12.4 Å². The molecule has 0 aliphatic heterocycles. The largest absolute Gasteiger partial charge is 0.475 e. The molecule has 19 heavy (non-hydrogen) atoms. The molecular weight excluding hydrogens is 242 g/mol. The zero-order chi connectivity index (χ0) is 13.5. The monoisotopic (exact) mass is 265 g/mol. The molecule has 0 saturated heterocycles. The van der Waals surface area contributed by atoms with Gasteiger partial charge in [0.15, 0.2) is 0 Å². The number of nitrogens with zero attached hydrogens (tertiary/aromatic N) is 2. The van der Waals surface area contributed by atoms with Gasteiger partial charge < -0.3 is 14.8 Å². The second kappa shape index (κ2) is 7.28. The normalized spacial score (nSPS) is 14.7. The van der Waals surface area contributed by atoms with Gasteiger partial charge in [-0.1, -0.05) is 0 Å². The smallest absolute Gasteiger partial charge is 0.218 e. The molecule has 2 rings (SSSR count). The summed E-state index contributed by atoms with van der Waals surface area (Å²) in [6.45, 7) is 6.55. The van der Waals surface area contributed by atoms with Crippen molar-refractivity contribution in [2.45, 2.75) is 39.2 Å². The summed E-state index contributed by atoms with van der Waals surface area (Å²) in [7, 11) is 0. The van der Waals surface area contributed by atoms with Crippen LogP contribution in [0.3, 0.4) is 0 Å². The van der Waals surface area contributed by atoms with Gasteiger partial charge in [-0.25, -0.2) is 9.97 Å². The average molecular weight is 265 g/mol. The Balaban J connectivity index is 1.61. The highest BCUT2D eigenvalue weighted by molar-refractivity contribution is 5.36. The summed E-state index contributed by atoms with van der Waals surface area (Å²) in [6.07, 6.45) is 5.31. The molecule has 5 nitrogen and oxygen atoms in total. The number of hydrogen-bond acceptors (Lipinski definition) is 5. The molecule has 1 heterocycles. The van der Waals surface area contributed by atoms with Gasteiger partial charge in [0.05, 0.1) is 6.10 Å². The molecule has 1 aromatic heterocycles. The summed E-state index contributed by atoms with van der Waals surface area (Å²) in [6, 6.07) is 1.82. The topological polar surface area (TPSA) is 56.3 Å². The molecule has 0 aromatic carbocycles. The van der Waals surface area contributed by atoms with Gasteiger partial charge in [0.2, 0.25) is 5.88 Å². The minimum Gasteiger partial charge on any atom is -0.475 e. The zero-order valence-electron chi connectivity index (χ0n) is 11.8. The Bertz CT molecular complexity index is 381. The van der Waals surface area contributed by atoms with Crippen LogP contribution >= 0.6 is 0 Å². The third-order valence-electron chi connectivity index (χ3n) is 2.82. The number of ether oxygens (including phenoxy) is 2. The second-order valence-electron chi connectivity index (χ2n) is 5.21. The van der Waals surface area contributed by atoms with Gasteiger partial charge in [-0.3, -0.25) is 0 Å². The van der Waals surface area contributed by atoms with Crippen LogP contribution in [0.25, 0.3) is 0 Å². The molecule has 0 radical (unpaired) electrons. The molecule has 5 heteroatoms. The van der Waals surface area contributed by atoms with E-state index in [0.29, 0.717) is 5.88 Å². The van der Waals surface area contributed by atoms with E-state index < -0.39 is 0 Å². The summed E-state index contributed by atoms with van der Waals surface area (Å²) in [5, 5.41) is 3.25. The van der Waals surface area contributed by atoms with E-state index in [1.54, 1.807) is 0 Å². The number of nitrogens with one attached hydrogen (secondary N) is 1. The molecule has 1 fully saturated rings. The van der Waals surface area contributed by atoms with Crippen LogP contribution in [0.1, 0.15) is 33.1 Å². The van der Waals surface area contributed by atoms with Gasteiger partial charge >= 0.3 is 0 Å². The molecule has 1 aliphatic rings. The SMILES string of the molecule is CC(C)Oc1cc(NCCCOCC2CC2)ncn1. The van der Waals surface area contributed by atoms with E-state index in [2.05, 4.69) is 15.3 Å². The molecule has 106 valence electrons. The maximum atomic E-state index is 5.57. The van der Waals surface area contributed by atoms with Crippen molar-refractivity contribution in [3.63, 3.8) is 0 Å². The molecule has 1 N–H and O–H groups in total. The minimum absolute atomic E-state index is 0.124. The molecule has 0 amide bonds. The van der Waals surface area contributed by atoms with Crippen LogP contribution in [0.4, 0.5) is 5.82 Å². The number of anilines is 1. The molecule has 0 unspecified atom stereocenters. The fourth-order valence-electron chi connectivity index (χ4n) is 1.67. The van der Waals surface area contributed by atoms with Gasteiger partial charge in [0, 0.05) is 25.8 Å². The predicted molar refractivity (Wildman–Crippen MR) is 74.4 cm³/mol. The van der Waals surface area contributed by atoms with Crippen molar-refractivity contribution >= 4 is 5.82 Å². The first-order valence-corrected chi connectivity index (χ1v) is 7.04. The van der Waals surface area contributed by atoms with Crippen molar-refractivity contribution in [1.82, 2.24) is 9.97 Å². The van der Waals surface area contributed by atoms with E-state index in [1.165, 1.54) is 19.2 Å². The lowest BCUT2D eigenvalue weighted by Crippen LogP contribution is -2.10. The minimum atomic E-state index is 0.124. The van der Waals surface area contributed by atoms with Gasteiger partial charge in [0.25, 0.3) is 0 Å². The van der Waals surface area contributed by atoms with Crippen LogP contribution in [-0.2, 0) is 4.74 Å². The van der Waals surface area contributed by atoms with Crippen LogP contribution in [-0.4, -0.2) is 35.8 Å². The summed E-state index contributed by atoms with van der Waals surface area (Å²) >= 11 is 0. The van der Waals surface area contributed by atoms with Crippen LogP contribution in [0.5, 0.6) is 5.88 Å². The first-order valence-electron chi connectivity index (χ1n) is 7.04. The highest BCUT2D eigenvalue weighted by Crippen LogP contribution is 2.28. The van der Waals surface area contributed by atoms with Crippen LogP contribution in [0, 0.1) is 5.92 Å². The Hall–Kier alpha value is -1.36. The van der Waals surface area contributed by atoms with Crippen molar-refractivity contribution in [2.24, 2.45) is 5.92 Å². The summed E-state index contributed by atoms with van der Waals surface area (Å²) in [5.41, 5.74) is 0. The standard InChI is InChI=1S/C14H23N3O2/c1-11(2)19-14-8-13(16-10-17-14)15-6-3-7-18-9-12-4-5-12/h8,10-12H,3-7,9H2,1-2H3,(H,15,16,17). The third kappa shape index (κ3) is 5.87. The van der Waals surface area contributed by atoms with Gasteiger partial charge in [-0.15, -0.1) is 0 Å². The van der Waals surface area contributed by atoms with E-state index in [1.807, 2.05) is 19.9 Å². The van der Waals surface area contributed by atoms with Gasteiger partial charge in [-0.05, 0) is 39.0 Å².